The number of nitrogens with one attached hydrogen (secondary N) is 1. The fourth-order valence-corrected chi connectivity index (χ4v) is 2.09. The molecular weight excluding hydrogens is 262 g/mol. The number of hydrogen-bond acceptors (Lipinski definition) is 2. The second-order valence-corrected chi connectivity index (χ2v) is 4.84. The summed E-state index contributed by atoms with van der Waals surface area (Å²) in [5.41, 5.74) is 8.05. The number of hydrogen-bond donors (Lipinski definition) is 2. The van der Waals surface area contributed by atoms with Crippen LogP contribution in [0, 0.1) is 0 Å². The highest BCUT2D eigenvalue weighted by molar-refractivity contribution is 6.31. The van der Waals surface area contributed by atoms with E-state index in [1.54, 1.807) is 23.9 Å². The Labute approximate surface area is 117 Å². The highest BCUT2D eigenvalue weighted by atomic mass is 35.5. The number of carbonyl (C=O) groups excluding carboxylic acids is 1. The Kier molecular flexibility index (Phi) is 4.12. The van der Waals surface area contributed by atoms with Crippen LogP contribution in [0.3, 0.4) is 0 Å². The number of anilines is 1. The minimum Gasteiger partial charge on any atom is -0.399 e. The molecule has 0 spiro atoms. The number of halogens is 1. The number of aromatic nitrogens is 1. The molecule has 2 rings (SSSR count). The van der Waals surface area contributed by atoms with Crippen molar-refractivity contribution in [2.24, 2.45) is 7.05 Å². The van der Waals surface area contributed by atoms with E-state index in [2.05, 4.69) is 5.32 Å². The lowest BCUT2D eigenvalue weighted by atomic mass is 10.1. The van der Waals surface area contributed by atoms with Crippen LogP contribution < -0.4 is 11.1 Å². The Balaban J connectivity index is 1.87. The van der Waals surface area contributed by atoms with Gasteiger partial charge in [0, 0.05) is 25.5 Å². The van der Waals surface area contributed by atoms with Crippen molar-refractivity contribution in [1.82, 2.24) is 9.88 Å². The molecular formula is C14H16ClN3O. The highest BCUT2D eigenvalue weighted by Crippen LogP contribution is 2.12. The van der Waals surface area contributed by atoms with Gasteiger partial charge in [-0.15, -0.1) is 0 Å². The van der Waals surface area contributed by atoms with Crippen LogP contribution in [0.5, 0.6) is 0 Å². The van der Waals surface area contributed by atoms with Crippen LogP contribution in [-0.2, 0) is 13.5 Å². The van der Waals surface area contributed by atoms with Gasteiger partial charge in [-0.05, 0) is 30.2 Å². The van der Waals surface area contributed by atoms with E-state index in [0.717, 1.165) is 17.7 Å². The lowest BCUT2D eigenvalue weighted by Gasteiger charge is -2.06. The van der Waals surface area contributed by atoms with Crippen LogP contribution in [0.25, 0.3) is 0 Å². The molecule has 1 aromatic carbocycles. The number of nitrogens with two attached hydrogens (primary N) is 1. The van der Waals surface area contributed by atoms with Gasteiger partial charge >= 0.3 is 0 Å². The molecule has 1 heterocycles. The first-order valence-electron chi connectivity index (χ1n) is 6.01. The van der Waals surface area contributed by atoms with Crippen molar-refractivity contribution in [3.8, 4) is 0 Å². The molecule has 0 bridgehead atoms. The van der Waals surface area contributed by atoms with Crippen LogP contribution in [0.4, 0.5) is 5.69 Å². The summed E-state index contributed by atoms with van der Waals surface area (Å²) >= 11 is 5.84. The molecule has 5 heteroatoms. The van der Waals surface area contributed by atoms with Crippen LogP contribution in [-0.4, -0.2) is 17.0 Å². The number of rotatable bonds is 4. The summed E-state index contributed by atoms with van der Waals surface area (Å²) in [7, 11) is 1.79. The fraction of sp³-hybridized carbons (Fsp3) is 0.214. The third-order valence-electron chi connectivity index (χ3n) is 2.88. The van der Waals surface area contributed by atoms with Gasteiger partial charge in [0.25, 0.3) is 5.91 Å². The topological polar surface area (TPSA) is 60.0 Å². The summed E-state index contributed by atoms with van der Waals surface area (Å²) < 4.78 is 1.71. The van der Waals surface area contributed by atoms with Gasteiger partial charge < -0.3 is 15.6 Å². The van der Waals surface area contributed by atoms with Crippen LogP contribution >= 0.6 is 11.6 Å². The summed E-state index contributed by atoms with van der Waals surface area (Å²) in [4.78, 5) is 11.9. The van der Waals surface area contributed by atoms with Crippen molar-refractivity contribution in [2.75, 3.05) is 12.3 Å². The smallest absolute Gasteiger partial charge is 0.267 e. The molecule has 0 unspecified atom stereocenters. The molecule has 100 valence electrons. The zero-order chi connectivity index (χ0) is 13.8. The van der Waals surface area contributed by atoms with Crippen molar-refractivity contribution in [1.29, 1.82) is 0 Å². The third-order valence-corrected chi connectivity index (χ3v) is 3.09. The SMILES string of the molecule is Cn1cc(Cl)cc1C(=O)NCCc1ccc(N)cc1. The van der Waals surface area contributed by atoms with Gasteiger partial charge in [-0.25, -0.2) is 0 Å². The van der Waals surface area contributed by atoms with Gasteiger partial charge in [-0.1, -0.05) is 23.7 Å². The van der Waals surface area contributed by atoms with E-state index in [4.69, 9.17) is 17.3 Å². The van der Waals surface area contributed by atoms with Gasteiger partial charge in [-0.2, -0.15) is 0 Å². The van der Waals surface area contributed by atoms with Crippen molar-refractivity contribution in [2.45, 2.75) is 6.42 Å². The van der Waals surface area contributed by atoms with Crippen LogP contribution in [0.2, 0.25) is 5.02 Å². The number of nitrogen functional groups attached to an aromatic ring is 1. The molecule has 1 aromatic heterocycles. The number of aryl methyl sites for hydroxylation is 1. The average Bonchev–Trinajstić information content (AvgIpc) is 2.71. The van der Waals surface area contributed by atoms with Crippen molar-refractivity contribution in [3.05, 3.63) is 52.8 Å². The van der Waals surface area contributed by atoms with E-state index in [1.165, 1.54) is 0 Å². The summed E-state index contributed by atoms with van der Waals surface area (Å²) in [5, 5.41) is 3.43. The first-order chi connectivity index (χ1) is 9.06. The molecule has 4 nitrogen and oxygen atoms in total. The molecule has 0 aliphatic carbocycles. The molecule has 0 aliphatic rings. The van der Waals surface area contributed by atoms with Crippen LogP contribution in [0.15, 0.2) is 36.5 Å². The summed E-state index contributed by atoms with van der Waals surface area (Å²) in [6, 6.07) is 9.28. The Morgan fingerprint density at radius 1 is 1.37 bits per heavy atom. The summed E-state index contributed by atoms with van der Waals surface area (Å²) in [6.45, 7) is 0.575. The van der Waals surface area contributed by atoms with Crippen molar-refractivity contribution < 1.29 is 4.79 Å². The Hall–Kier alpha value is -1.94. The molecule has 1 amide bonds. The molecule has 2 aromatic rings. The number of nitrogens with zero attached hydrogens (tertiary/aromatic N) is 1. The molecule has 0 aliphatic heterocycles. The fourth-order valence-electron chi connectivity index (χ4n) is 1.85. The highest BCUT2D eigenvalue weighted by Gasteiger charge is 2.10. The van der Waals surface area contributed by atoms with Gasteiger partial charge in [-0.3, -0.25) is 4.79 Å². The zero-order valence-electron chi connectivity index (χ0n) is 10.7. The molecule has 19 heavy (non-hydrogen) atoms. The third kappa shape index (κ3) is 3.51. The van der Waals surface area contributed by atoms with Gasteiger partial charge in [0.1, 0.15) is 5.69 Å². The van der Waals surface area contributed by atoms with E-state index < -0.39 is 0 Å². The number of benzene rings is 1. The summed E-state index contributed by atoms with van der Waals surface area (Å²) in [5.74, 6) is -0.121. The Morgan fingerprint density at radius 3 is 2.63 bits per heavy atom. The molecule has 0 fully saturated rings. The minimum absolute atomic E-state index is 0.121. The molecule has 3 N–H and O–H groups in total. The van der Waals surface area contributed by atoms with Crippen LogP contribution in [0.1, 0.15) is 16.1 Å². The lowest BCUT2D eigenvalue weighted by molar-refractivity contribution is 0.0946. The average molecular weight is 278 g/mol. The van der Waals surface area contributed by atoms with E-state index in [1.807, 2.05) is 24.3 Å². The maximum Gasteiger partial charge on any atom is 0.267 e. The number of amides is 1. The van der Waals surface area contributed by atoms with Gasteiger partial charge in [0.15, 0.2) is 0 Å². The minimum atomic E-state index is -0.121. The second-order valence-electron chi connectivity index (χ2n) is 4.40. The molecule has 0 saturated heterocycles. The number of carbonyl (C=O) groups is 1. The predicted molar refractivity (Wildman–Crippen MR) is 77.3 cm³/mol. The first-order valence-corrected chi connectivity index (χ1v) is 6.38. The van der Waals surface area contributed by atoms with E-state index in [0.29, 0.717) is 17.3 Å². The normalized spacial score (nSPS) is 10.4. The van der Waals surface area contributed by atoms with Crippen molar-refractivity contribution in [3.63, 3.8) is 0 Å². The quantitative estimate of drug-likeness (QED) is 0.842. The Morgan fingerprint density at radius 2 is 2.05 bits per heavy atom. The maximum atomic E-state index is 11.9. The van der Waals surface area contributed by atoms with Gasteiger partial charge in [0.05, 0.1) is 5.02 Å². The van der Waals surface area contributed by atoms with E-state index >= 15 is 0 Å². The lowest BCUT2D eigenvalue weighted by Crippen LogP contribution is -2.27. The second kappa shape index (κ2) is 5.80. The maximum absolute atomic E-state index is 11.9. The first kappa shape index (κ1) is 13.5. The van der Waals surface area contributed by atoms with E-state index in [9.17, 15) is 4.79 Å². The molecule has 0 radical (unpaired) electrons. The van der Waals surface area contributed by atoms with E-state index in [-0.39, 0.29) is 5.91 Å². The largest absolute Gasteiger partial charge is 0.399 e. The summed E-state index contributed by atoms with van der Waals surface area (Å²) in [6.07, 6.45) is 2.47. The molecule has 0 atom stereocenters. The van der Waals surface area contributed by atoms with Gasteiger partial charge in [0.2, 0.25) is 0 Å². The standard InChI is InChI=1S/C14H16ClN3O/c1-18-9-11(15)8-13(18)14(19)17-7-6-10-2-4-12(16)5-3-10/h2-5,8-9H,6-7,16H2,1H3,(H,17,19). The molecule has 0 saturated carbocycles. The zero-order valence-corrected chi connectivity index (χ0v) is 11.4. The predicted octanol–water partition coefficient (Wildman–Crippen LogP) is 2.23. The Bertz CT molecular complexity index is 575. The van der Waals surface area contributed by atoms with Crippen molar-refractivity contribution >= 4 is 23.2 Å². The monoisotopic (exact) mass is 277 g/mol.